The van der Waals surface area contributed by atoms with Gasteiger partial charge in [-0.25, -0.2) is 8.42 Å². The molecule has 0 saturated carbocycles. The molecule has 0 rings (SSSR count). The second-order valence-corrected chi connectivity index (χ2v) is 7.49. The first-order valence-electron chi connectivity index (χ1n) is 5.65. The first kappa shape index (κ1) is 15.6. The third-order valence-corrected chi connectivity index (χ3v) is 4.91. The van der Waals surface area contributed by atoms with E-state index in [2.05, 4.69) is 0 Å². The highest BCUT2D eigenvalue weighted by Gasteiger charge is 2.19. The van der Waals surface area contributed by atoms with Crippen molar-refractivity contribution in [1.82, 2.24) is 0 Å². The van der Waals surface area contributed by atoms with Crippen LogP contribution in [0.15, 0.2) is 0 Å². The van der Waals surface area contributed by atoms with Gasteiger partial charge in [0.25, 0.3) is 0 Å². The third-order valence-electron chi connectivity index (χ3n) is 2.70. The van der Waals surface area contributed by atoms with Gasteiger partial charge >= 0.3 is 0 Å². The predicted octanol–water partition coefficient (Wildman–Crippen LogP) is 1.14. The fourth-order valence-corrected chi connectivity index (χ4v) is 2.08. The summed E-state index contributed by atoms with van der Waals surface area (Å²) in [5.41, 5.74) is 5.75. The van der Waals surface area contributed by atoms with Crippen LogP contribution in [0.3, 0.4) is 0 Å². The average Bonchev–Trinajstić information content (AvgIpc) is 2.14. The van der Waals surface area contributed by atoms with Crippen molar-refractivity contribution >= 4 is 15.6 Å². The van der Waals surface area contributed by atoms with Gasteiger partial charge in [-0.1, -0.05) is 13.8 Å². The normalized spacial score (nSPS) is 14.4. The Hall–Kier alpha value is -0.420. The van der Waals surface area contributed by atoms with Crippen LogP contribution in [0.2, 0.25) is 0 Å². The molecule has 0 aliphatic carbocycles. The molecule has 0 aromatic heterocycles. The third kappa shape index (κ3) is 5.61. The van der Waals surface area contributed by atoms with Gasteiger partial charge in [-0.05, 0) is 19.8 Å². The summed E-state index contributed by atoms with van der Waals surface area (Å²) in [6.07, 6.45) is 0.353. The minimum Gasteiger partial charge on any atom is -0.327 e. The number of hydrogen-bond donors (Lipinski definition) is 1. The lowest BCUT2D eigenvalue weighted by Gasteiger charge is -2.14. The Kier molecular flexibility index (Phi) is 6.18. The molecule has 5 heteroatoms. The van der Waals surface area contributed by atoms with Gasteiger partial charge in [0, 0.05) is 18.9 Å². The summed E-state index contributed by atoms with van der Waals surface area (Å²) < 4.78 is 22.9. The Bertz CT molecular complexity index is 320. The maximum absolute atomic E-state index is 11.5. The van der Waals surface area contributed by atoms with Crippen LogP contribution in [0.25, 0.3) is 0 Å². The number of ketones is 1. The zero-order valence-electron chi connectivity index (χ0n) is 10.6. The van der Waals surface area contributed by atoms with Crippen LogP contribution in [0.1, 0.15) is 40.5 Å². The molecular weight excluding hydrogens is 226 g/mol. The van der Waals surface area contributed by atoms with Crippen molar-refractivity contribution in [1.29, 1.82) is 0 Å². The zero-order valence-corrected chi connectivity index (χ0v) is 11.4. The summed E-state index contributed by atoms with van der Waals surface area (Å²) in [5.74, 6) is 0.116. The van der Waals surface area contributed by atoms with E-state index in [0.717, 1.165) is 0 Å². The van der Waals surface area contributed by atoms with Gasteiger partial charge in [-0.2, -0.15) is 0 Å². The fourth-order valence-electron chi connectivity index (χ4n) is 1.09. The molecule has 1 atom stereocenters. The first-order chi connectivity index (χ1) is 7.16. The molecule has 0 radical (unpaired) electrons. The van der Waals surface area contributed by atoms with E-state index in [4.69, 9.17) is 5.73 Å². The van der Waals surface area contributed by atoms with Crippen LogP contribution >= 0.6 is 0 Å². The van der Waals surface area contributed by atoms with Crippen molar-refractivity contribution in [3.05, 3.63) is 0 Å². The lowest BCUT2D eigenvalue weighted by molar-refractivity contribution is -0.119. The van der Waals surface area contributed by atoms with E-state index in [0.29, 0.717) is 0 Å². The Morgan fingerprint density at radius 2 is 1.69 bits per heavy atom. The van der Waals surface area contributed by atoms with E-state index >= 15 is 0 Å². The molecule has 1 unspecified atom stereocenters. The Labute approximate surface area is 98.5 Å². The van der Waals surface area contributed by atoms with Gasteiger partial charge in [0.1, 0.15) is 5.78 Å². The number of sulfone groups is 1. The monoisotopic (exact) mass is 249 g/mol. The molecule has 4 nitrogen and oxygen atoms in total. The van der Waals surface area contributed by atoms with E-state index in [1.165, 1.54) is 0 Å². The molecule has 0 spiro atoms. The smallest absolute Gasteiger partial charge is 0.153 e. The summed E-state index contributed by atoms with van der Waals surface area (Å²) in [6, 6.07) is -0.172. The van der Waals surface area contributed by atoms with Gasteiger partial charge in [0.15, 0.2) is 9.84 Å². The first-order valence-corrected chi connectivity index (χ1v) is 7.37. The lowest BCUT2D eigenvalue weighted by atomic mass is 9.99. The van der Waals surface area contributed by atoms with E-state index in [9.17, 15) is 13.2 Å². The second-order valence-electron chi connectivity index (χ2n) is 4.82. The van der Waals surface area contributed by atoms with Crippen LogP contribution in [0.4, 0.5) is 0 Å². The minimum absolute atomic E-state index is 0.0612. The molecule has 0 aliphatic rings. The summed E-state index contributed by atoms with van der Waals surface area (Å²) in [7, 11) is -3.11. The number of nitrogens with two attached hydrogens (primary N) is 1. The van der Waals surface area contributed by atoms with Crippen LogP contribution < -0.4 is 5.73 Å². The molecule has 2 N–H and O–H groups in total. The highest BCUT2D eigenvalue weighted by Crippen LogP contribution is 2.08. The predicted molar refractivity (Wildman–Crippen MR) is 66.0 cm³/mol. The lowest BCUT2D eigenvalue weighted by Crippen LogP contribution is -2.30. The van der Waals surface area contributed by atoms with Gasteiger partial charge in [-0.15, -0.1) is 0 Å². The van der Waals surface area contributed by atoms with Crippen molar-refractivity contribution in [3.63, 3.8) is 0 Å². The number of Topliss-reactive ketones (excluding diaryl/α,β-unsaturated/α-hetero) is 1. The summed E-state index contributed by atoms with van der Waals surface area (Å²) in [5, 5.41) is -0.418. The quantitative estimate of drug-likeness (QED) is 0.734. The zero-order chi connectivity index (χ0) is 12.9. The van der Waals surface area contributed by atoms with Gasteiger partial charge in [-0.3, -0.25) is 4.79 Å². The molecule has 0 fully saturated rings. The van der Waals surface area contributed by atoms with Crippen LogP contribution in [-0.2, 0) is 14.6 Å². The molecule has 0 aromatic rings. The van der Waals surface area contributed by atoms with Crippen LogP contribution in [-0.4, -0.2) is 31.2 Å². The number of carbonyl (C=O) groups excluding carboxylic acids is 1. The van der Waals surface area contributed by atoms with E-state index in [-0.39, 0.29) is 36.3 Å². The van der Waals surface area contributed by atoms with E-state index in [1.807, 2.05) is 13.8 Å². The van der Waals surface area contributed by atoms with E-state index in [1.54, 1.807) is 13.8 Å². The van der Waals surface area contributed by atoms with Crippen molar-refractivity contribution in [2.75, 3.05) is 5.75 Å². The summed E-state index contributed by atoms with van der Waals surface area (Å²) >= 11 is 0. The highest BCUT2D eigenvalue weighted by atomic mass is 32.2. The molecule has 0 amide bonds. The second kappa shape index (κ2) is 6.35. The number of rotatable bonds is 7. The number of carbonyl (C=O) groups is 1. The summed E-state index contributed by atoms with van der Waals surface area (Å²) in [4.78, 5) is 11.5. The van der Waals surface area contributed by atoms with Crippen molar-refractivity contribution in [2.24, 2.45) is 11.7 Å². The molecule has 0 aromatic carbocycles. The average molecular weight is 249 g/mol. The maximum Gasteiger partial charge on any atom is 0.153 e. The largest absolute Gasteiger partial charge is 0.327 e. The van der Waals surface area contributed by atoms with Crippen molar-refractivity contribution in [2.45, 2.75) is 51.8 Å². The van der Waals surface area contributed by atoms with Crippen molar-refractivity contribution < 1.29 is 13.2 Å². The van der Waals surface area contributed by atoms with E-state index < -0.39 is 15.1 Å². The molecule has 0 bridgehead atoms. The molecule has 0 heterocycles. The Balaban J connectivity index is 4.10. The highest BCUT2D eigenvalue weighted by molar-refractivity contribution is 7.91. The molecule has 0 saturated heterocycles. The standard InChI is InChI=1S/C11H23NO3S/c1-8(2)11(12)7-10(13)5-6-16(14,15)9(3)4/h8-9,11H,5-7,12H2,1-4H3. The molecule has 0 aliphatic heterocycles. The molecular formula is C11H23NO3S. The molecule has 16 heavy (non-hydrogen) atoms. The number of hydrogen-bond acceptors (Lipinski definition) is 4. The fraction of sp³-hybridized carbons (Fsp3) is 0.909. The molecule has 96 valence electrons. The van der Waals surface area contributed by atoms with Gasteiger partial charge in [0.05, 0.1) is 11.0 Å². The van der Waals surface area contributed by atoms with Gasteiger partial charge in [0.2, 0.25) is 0 Å². The summed E-state index contributed by atoms with van der Waals surface area (Å²) in [6.45, 7) is 7.14. The Morgan fingerprint density at radius 3 is 2.06 bits per heavy atom. The SMILES string of the molecule is CC(C)C(N)CC(=O)CCS(=O)(=O)C(C)C. The Morgan fingerprint density at radius 1 is 1.19 bits per heavy atom. The maximum atomic E-state index is 11.5. The minimum atomic E-state index is -3.11. The van der Waals surface area contributed by atoms with Crippen molar-refractivity contribution in [3.8, 4) is 0 Å². The topological polar surface area (TPSA) is 77.2 Å². The van der Waals surface area contributed by atoms with Gasteiger partial charge < -0.3 is 5.73 Å². The van der Waals surface area contributed by atoms with Crippen LogP contribution in [0, 0.1) is 5.92 Å². The van der Waals surface area contributed by atoms with Crippen LogP contribution in [0.5, 0.6) is 0 Å².